The standard InChI is InChI=1S/C24H22N4O4S/c1-13-6-5-7-17(10-13)28-20(30)12-18(29)22(27-28)23(31)26-24-25-21(15(3)33-24)16-8-9-19(32-4)14(2)11-16/h5-12,29H,1-4H3,(H,25,26,31). The van der Waals surface area contributed by atoms with E-state index in [9.17, 15) is 14.7 Å². The molecule has 0 radical (unpaired) electrons. The summed E-state index contributed by atoms with van der Waals surface area (Å²) in [6.07, 6.45) is 0. The first-order valence-corrected chi connectivity index (χ1v) is 10.9. The maximum absolute atomic E-state index is 12.9. The Morgan fingerprint density at radius 2 is 1.91 bits per heavy atom. The summed E-state index contributed by atoms with van der Waals surface area (Å²) >= 11 is 1.31. The number of amides is 1. The summed E-state index contributed by atoms with van der Waals surface area (Å²) in [5.41, 5.74) is 3.22. The van der Waals surface area contributed by atoms with Crippen LogP contribution in [0.5, 0.6) is 11.5 Å². The molecule has 0 fully saturated rings. The van der Waals surface area contributed by atoms with Crippen molar-refractivity contribution in [2.24, 2.45) is 0 Å². The Hall–Kier alpha value is -3.98. The number of aromatic hydroxyl groups is 1. The van der Waals surface area contributed by atoms with E-state index in [1.807, 2.05) is 45.0 Å². The molecule has 4 rings (SSSR count). The fourth-order valence-corrected chi connectivity index (χ4v) is 4.28. The van der Waals surface area contributed by atoms with Gasteiger partial charge in [0.25, 0.3) is 11.5 Å². The lowest BCUT2D eigenvalue weighted by Crippen LogP contribution is -2.25. The summed E-state index contributed by atoms with van der Waals surface area (Å²) < 4.78 is 6.39. The first-order chi connectivity index (χ1) is 15.8. The second kappa shape index (κ2) is 8.87. The number of aryl methyl sites for hydroxylation is 3. The summed E-state index contributed by atoms with van der Waals surface area (Å²) in [7, 11) is 1.62. The molecule has 0 aliphatic heterocycles. The van der Waals surface area contributed by atoms with Gasteiger partial charge in [0.15, 0.2) is 16.6 Å². The Kier molecular flexibility index (Phi) is 5.97. The number of ether oxygens (including phenoxy) is 1. The zero-order chi connectivity index (χ0) is 23.7. The molecule has 0 saturated carbocycles. The van der Waals surface area contributed by atoms with Crippen LogP contribution in [0.2, 0.25) is 0 Å². The second-order valence-corrected chi connectivity index (χ2v) is 8.73. The monoisotopic (exact) mass is 462 g/mol. The molecule has 0 saturated heterocycles. The van der Waals surface area contributed by atoms with Crippen LogP contribution in [0, 0.1) is 20.8 Å². The highest BCUT2D eigenvalue weighted by molar-refractivity contribution is 7.16. The minimum atomic E-state index is -0.667. The van der Waals surface area contributed by atoms with Crippen LogP contribution in [0.3, 0.4) is 0 Å². The third-order valence-electron chi connectivity index (χ3n) is 5.06. The molecule has 0 aliphatic carbocycles. The maximum Gasteiger partial charge on any atom is 0.281 e. The minimum Gasteiger partial charge on any atom is -0.505 e. The Bertz CT molecular complexity index is 1420. The molecule has 0 spiro atoms. The lowest BCUT2D eigenvalue weighted by molar-refractivity contribution is 0.101. The Morgan fingerprint density at radius 1 is 1.12 bits per heavy atom. The van der Waals surface area contributed by atoms with Crippen LogP contribution in [0.4, 0.5) is 5.13 Å². The van der Waals surface area contributed by atoms with Crippen LogP contribution in [-0.2, 0) is 0 Å². The second-order valence-electron chi connectivity index (χ2n) is 7.53. The van der Waals surface area contributed by atoms with Crippen LogP contribution in [0.1, 0.15) is 26.5 Å². The van der Waals surface area contributed by atoms with Crippen LogP contribution in [-0.4, -0.2) is 32.9 Å². The van der Waals surface area contributed by atoms with Gasteiger partial charge in [-0.05, 0) is 62.2 Å². The Labute approximate surface area is 194 Å². The van der Waals surface area contributed by atoms with E-state index in [-0.39, 0.29) is 5.69 Å². The summed E-state index contributed by atoms with van der Waals surface area (Å²) in [6.45, 7) is 5.75. The zero-order valence-corrected chi connectivity index (χ0v) is 19.4. The smallest absolute Gasteiger partial charge is 0.281 e. The molecule has 168 valence electrons. The summed E-state index contributed by atoms with van der Waals surface area (Å²) in [5.74, 6) is -0.383. The number of nitrogens with one attached hydrogen (secondary N) is 1. The average Bonchev–Trinajstić information content (AvgIpc) is 3.13. The summed E-state index contributed by atoms with van der Waals surface area (Å²) in [6, 6.07) is 13.9. The molecule has 0 bridgehead atoms. The number of hydrogen-bond donors (Lipinski definition) is 2. The third kappa shape index (κ3) is 4.49. The number of methoxy groups -OCH3 is 1. The molecule has 1 amide bonds. The Balaban J connectivity index is 1.64. The van der Waals surface area contributed by atoms with Crippen LogP contribution in [0.25, 0.3) is 16.9 Å². The van der Waals surface area contributed by atoms with E-state index in [0.717, 1.165) is 43.8 Å². The van der Waals surface area contributed by atoms with E-state index in [1.165, 1.54) is 11.3 Å². The number of anilines is 1. The molecule has 2 N–H and O–H groups in total. The molecular formula is C24H22N4O4S. The molecule has 33 heavy (non-hydrogen) atoms. The number of carbonyl (C=O) groups is 1. The van der Waals surface area contributed by atoms with Gasteiger partial charge in [-0.15, -0.1) is 11.3 Å². The van der Waals surface area contributed by atoms with Crippen molar-refractivity contribution >= 4 is 22.4 Å². The Morgan fingerprint density at radius 3 is 2.61 bits per heavy atom. The minimum absolute atomic E-state index is 0.272. The zero-order valence-electron chi connectivity index (χ0n) is 18.5. The van der Waals surface area contributed by atoms with Gasteiger partial charge in [0, 0.05) is 16.5 Å². The quantitative estimate of drug-likeness (QED) is 0.459. The molecule has 2 aromatic heterocycles. The van der Waals surface area contributed by atoms with Crippen LogP contribution >= 0.6 is 11.3 Å². The van der Waals surface area contributed by atoms with E-state index in [0.29, 0.717) is 10.8 Å². The normalized spacial score (nSPS) is 10.8. The van der Waals surface area contributed by atoms with Gasteiger partial charge in [-0.3, -0.25) is 14.9 Å². The van der Waals surface area contributed by atoms with Crippen molar-refractivity contribution in [2.75, 3.05) is 12.4 Å². The number of carbonyl (C=O) groups excluding carboxylic acids is 1. The van der Waals surface area contributed by atoms with Gasteiger partial charge >= 0.3 is 0 Å². The topological polar surface area (TPSA) is 106 Å². The largest absolute Gasteiger partial charge is 0.505 e. The van der Waals surface area contributed by atoms with E-state index >= 15 is 0 Å². The van der Waals surface area contributed by atoms with E-state index < -0.39 is 17.2 Å². The van der Waals surface area contributed by atoms with Gasteiger partial charge in [-0.25, -0.2) is 4.98 Å². The summed E-state index contributed by atoms with van der Waals surface area (Å²) in [4.78, 5) is 30.7. The molecule has 9 heteroatoms. The molecular weight excluding hydrogens is 440 g/mol. The van der Waals surface area contributed by atoms with Crippen LogP contribution in [0.15, 0.2) is 53.3 Å². The van der Waals surface area contributed by atoms with E-state index in [4.69, 9.17) is 4.74 Å². The fourth-order valence-electron chi connectivity index (χ4n) is 3.45. The molecule has 0 aliphatic rings. The van der Waals surface area contributed by atoms with E-state index in [1.54, 1.807) is 25.3 Å². The predicted octanol–water partition coefficient (Wildman–Crippen LogP) is 4.25. The molecule has 0 atom stereocenters. The molecule has 0 unspecified atom stereocenters. The van der Waals surface area contributed by atoms with E-state index in [2.05, 4.69) is 15.4 Å². The highest BCUT2D eigenvalue weighted by atomic mass is 32.1. The number of rotatable bonds is 5. The van der Waals surface area contributed by atoms with Crippen molar-refractivity contribution < 1.29 is 14.6 Å². The SMILES string of the molecule is COc1ccc(-c2nc(NC(=O)c3nn(-c4cccc(C)c4)c(=O)cc3O)sc2C)cc1C. The molecule has 2 aromatic carbocycles. The third-order valence-corrected chi connectivity index (χ3v) is 5.94. The maximum atomic E-state index is 12.9. The van der Waals surface area contributed by atoms with Gasteiger partial charge in [-0.1, -0.05) is 12.1 Å². The van der Waals surface area contributed by atoms with Crippen molar-refractivity contribution in [1.29, 1.82) is 0 Å². The van der Waals surface area contributed by atoms with Crippen molar-refractivity contribution in [3.63, 3.8) is 0 Å². The fraction of sp³-hybridized carbons (Fsp3) is 0.167. The number of benzene rings is 2. The number of nitrogens with zero attached hydrogens (tertiary/aromatic N) is 3. The van der Waals surface area contributed by atoms with Crippen molar-refractivity contribution in [3.8, 4) is 28.4 Å². The highest BCUT2D eigenvalue weighted by Crippen LogP contribution is 2.33. The van der Waals surface area contributed by atoms with Gasteiger partial charge in [-0.2, -0.15) is 9.78 Å². The van der Waals surface area contributed by atoms with Crippen molar-refractivity contribution in [2.45, 2.75) is 20.8 Å². The average molecular weight is 463 g/mol. The summed E-state index contributed by atoms with van der Waals surface area (Å²) in [5, 5.41) is 17.4. The molecule has 4 aromatic rings. The van der Waals surface area contributed by atoms with Gasteiger partial charge in [0.05, 0.1) is 18.5 Å². The molecule has 8 nitrogen and oxygen atoms in total. The first-order valence-electron chi connectivity index (χ1n) is 10.1. The number of aromatic nitrogens is 3. The first kappa shape index (κ1) is 22.2. The number of thiazole rings is 1. The van der Waals surface area contributed by atoms with Gasteiger partial charge in [0.2, 0.25) is 0 Å². The lowest BCUT2D eigenvalue weighted by atomic mass is 10.1. The van der Waals surface area contributed by atoms with Crippen molar-refractivity contribution in [3.05, 3.63) is 80.6 Å². The van der Waals surface area contributed by atoms with Gasteiger partial charge in [0.1, 0.15) is 5.75 Å². The van der Waals surface area contributed by atoms with Crippen LogP contribution < -0.4 is 15.6 Å². The predicted molar refractivity (Wildman–Crippen MR) is 128 cm³/mol. The van der Waals surface area contributed by atoms with Gasteiger partial charge < -0.3 is 9.84 Å². The van der Waals surface area contributed by atoms with Crippen molar-refractivity contribution in [1.82, 2.24) is 14.8 Å². The lowest BCUT2D eigenvalue weighted by Gasteiger charge is -2.09. The molecule has 2 heterocycles. The number of hydrogen-bond acceptors (Lipinski definition) is 7. The highest BCUT2D eigenvalue weighted by Gasteiger charge is 2.20.